The second-order valence-electron chi connectivity index (χ2n) is 5.46. The molecule has 1 aromatic carbocycles. The van der Waals surface area contributed by atoms with Gasteiger partial charge in [0.05, 0.1) is 11.5 Å². The van der Waals surface area contributed by atoms with Gasteiger partial charge in [-0.05, 0) is 36.5 Å². The lowest BCUT2D eigenvalue weighted by molar-refractivity contribution is 0.281. The van der Waals surface area contributed by atoms with Gasteiger partial charge >= 0.3 is 0 Å². The summed E-state index contributed by atoms with van der Waals surface area (Å²) in [6.45, 7) is 7.68. The molecule has 4 nitrogen and oxygen atoms in total. The van der Waals surface area contributed by atoms with Crippen LogP contribution < -0.4 is 0 Å². The first-order valence-corrected chi connectivity index (χ1v) is 8.40. The zero-order valence-electron chi connectivity index (χ0n) is 12.9. The fourth-order valence-corrected chi connectivity index (χ4v) is 3.86. The maximum Gasteiger partial charge on any atom is 0.243 e. The molecule has 0 aromatic heterocycles. The maximum absolute atomic E-state index is 12.8. The SMILES string of the molecule is CCc1ccc(CO)cc1S(=O)(=O)N(C)C(C)C(C)C. The number of rotatable bonds is 6. The van der Waals surface area contributed by atoms with Crippen LogP contribution in [-0.2, 0) is 23.1 Å². The molecule has 0 amide bonds. The lowest BCUT2D eigenvalue weighted by Crippen LogP contribution is -2.38. The van der Waals surface area contributed by atoms with Crippen LogP contribution in [0.1, 0.15) is 38.8 Å². The highest BCUT2D eigenvalue weighted by atomic mass is 32.2. The Morgan fingerprint density at radius 3 is 2.30 bits per heavy atom. The average molecular weight is 299 g/mol. The summed E-state index contributed by atoms with van der Waals surface area (Å²) in [4.78, 5) is 0.307. The molecule has 0 bridgehead atoms. The summed E-state index contributed by atoms with van der Waals surface area (Å²) < 4.78 is 27.0. The zero-order valence-corrected chi connectivity index (χ0v) is 13.7. The molecule has 0 aliphatic heterocycles. The average Bonchev–Trinajstić information content (AvgIpc) is 2.44. The Labute approximate surface area is 122 Å². The molecule has 0 fully saturated rings. The van der Waals surface area contributed by atoms with Crippen molar-refractivity contribution in [3.63, 3.8) is 0 Å². The van der Waals surface area contributed by atoms with Crippen molar-refractivity contribution in [1.29, 1.82) is 0 Å². The van der Waals surface area contributed by atoms with E-state index in [1.54, 1.807) is 25.2 Å². The highest BCUT2D eigenvalue weighted by molar-refractivity contribution is 7.89. The van der Waals surface area contributed by atoms with Gasteiger partial charge in [-0.3, -0.25) is 0 Å². The van der Waals surface area contributed by atoms with E-state index >= 15 is 0 Å². The predicted octanol–water partition coefficient (Wildman–Crippen LogP) is 2.41. The van der Waals surface area contributed by atoms with E-state index in [0.717, 1.165) is 5.56 Å². The van der Waals surface area contributed by atoms with Gasteiger partial charge in [-0.15, -0.1) is 0 Å². The summed E-state index contributed by atoms with van der Waals surface area (Å²) >= 11 is 0. The summed E-state index contributed by atoms with van der Waals surface area (Å²) in [5.74, 6) is 0.237. The lowest BCUT2D eigenvalue weighted by atomic mass is 10.1. The smallest absolute Gasteiger partial charge is 0.243 e. The predicted molar refractivity (Wildman–Crippen MR) is 81.0 cm³/mol. The summed E-state index contributed by atoms with van der Waals surface area (Å²) in [5.41, 5.74) is 1.40. The minimum Gasteiger partial charge on any atom is -0.392 e. The van der Waals surface area contributed by atoms with Crippen molar-refractivity contribution in [2.75, 3.05) is 7.05 Å². The molecule has 5 heteroatoms. The molecule has 1 N–H and O–H groups in total. The standard InChI is InChI=1S/C15H25NO3S/c1-6-14-8-7-13(10-17)9-15(14)20(18,19)16(5)12(4)11(2)3/h7-9,11-12,17H,6,10H2,1-5H3. The fraction of sp³-hybridized carbons (Fsp3) is 0.600. The van der Waals surface area contributed by atoms with Crippen LogP contribution in [0.25, 0.3) is 0 Å². The van der Waals surface area contributed by atoms with Gasteiger partial charge in [0.1, 0.15) is 0 Å². The minimum atomic E-state index is -3.54. The van der Waals surface area contributed by atoms with Gasteiger partial charge in [-0.25, -0.2) is 8.42 Å². The molecule has 20 heavy (non-hydrogen) atoms. The first-order chi connectivity index (χ1) is 9.25. The quantitative estimate of drug-likeness (QED) is 0.877. The van der Waals surface area contributed by atoms with Gasteiger partial charge < -0.3 is 5.11 Å². The molecule has 0 radical (unpaired) electrons. The van der Waals surface area contributed by atoms with Crippen LogP contribution in [0.15, 0.2) is 23.1 Å². The third kappa shape index (κ3) is 3.40. The van der Waals surface area contributed by atoms with E-state index in [0.29, 0.717) is 16.9 Å². The van der Waals surface area contributed by atoms with Crippen LogP contribution in [0.2, 0.25) is 0 Å². The Bertz CT molecular complexity index is 552. The Balaban J connectivity index is 3.33. The molecular weight excluding hydrogens is 274 g/mol. The van der Waals surface area contributed by atoms with Crippen LogP contribution in [0.4, 0.5) is 0 Å². The van der Waals surface area contributed by atoms with Crippen molar-refractivity contribution in [1.82, 2.24) is 4.31 Å². The Hall–Kier alpha value is -0.910. The number of hydrogen-bond donors (Lipinski definition) is 1. The molecule has 0 aliphatic carbocycles. The molecule has 1 rings (SSSR count). The Morgan fingerprint density at radius 1 is 1.25 bits per heavy atom. The van der Waals surface area contributed by atoms with Gasteiger partial charge in [0.2, 0.25) is 10.0 Å². The number of benzene rings is 1. The van der Waals surface area contributed by atoms with Gasteiger partial charge in [0.25, 0.3) is 0 Å². The van der Waals surface area contributed by atoms with Crippen LogP contribution in [0, 0.1) is 5.92 Å². The first-order valence-electron chi connectivity index (χ1n) is 6.96. The fourth-order valence-electron chi connectivity index (χ4n) is 2.02. The number of aliphatic hydroxyl groups excluding tert-OH is 1. The van der Waals surface area contributed by atoms with Crippen LogP contribution in [-0.4, -0.2) is 30.9 Å². The molecule has 1 unspecified atom stereocenters. The van der Waals surface area contributed by atoms with E-state index in [9.17, 15) is 13.5 Å². The van der Waals surface area contributed by atoms with E-state index in [1.165, 1.54) is 4.31 Å². The van der Waals surface area contributed by atoms with Crippen molar-refractivity contribution in [2.45, 2.75) is 51.7 Å². The molecule has 0 aliphatic rings. The number of aliphatic hydroxyl groups is 1. The highest BCUT2D eigenvalue weighted by Crippen LogP contribution is 2.24. The van der Waals surface area contributed by atoms with Crippen molar-refractivity contribution < 1.29 is 13.5 Å². The number of nitrogens with zero attached hydrogens (tertiary/aromatic N) is 1. The molecule has 0 saturated heterocycles. The normalized spacial score (nSPS) is 14.0. The largest absolute Gasteiger partial charge is 0.392 e. The van der Waals surface area contributed by atoms with Crippen molar-refractivity contribution in [3.05, 3.63) is 29.3 Å². The molecule has 0 spiro atoms. The van der Waals surface area contributed by atoms with Crippen LogP contribution >= 0.6 is 0 Å². The lowest BCUT2D eigenvalue weighted by Gasteiger charge is -2.28. The van der Waals surface area contributed by atoms with Gasteiger partial charge in [0, 0.05) is 13.1 Å². The van der Waals surface area contributed by atoms with Gasteiger partial charge in [-0.1, -0.05) is 32.9 Å². The number of sulfonamides is 1. The van der Waals surface area contributed by atoms with Crippen molar-refractivity contribution >= 4 is 10.0 Å². The molecule has 1 aromatic rings. The molecule has 0 heterocycles. The molecule has 114 valence electrons. The minimum absolute atomic E-state index is 0.0810. The summed E-state index contributed by atoms with van der Waals surface area (Å²) in [5, 5.41) is 9.22. The van der Waals surface area contributed by atoms with Crippen LogP contribution in [0.5, 0.6) is 0 Å². The Morgan fingerprint density at radius 2 is 1.85 bits per heavy atom. The van der Waals surface area contributed by atoms with Crippen LogP contribution in [0.3, 0.4) is 0 Å². The van der Waals surface area contributed by atoms with Crippen molar-refractivity contribution in [2.24, 2.45) is 5.92 Å². The zero-order chi connectivity index (χ0) is 15.5. The summed E-state index contributed by atoms with van der Waals surface area (Å²) in [6, 6.07) is 5.05. The van der Waals surface area contributed by atoms with E-state index < -0.39 is 10.0 Å². The number of aryl methyl sites for hydroxylation is 1. The highest BCUT2D eigenvalue weighted by Gasteiger charge is 2.28. The maximum atomic E-state index is 12.8. The van der Waals surface area contributed by atoms with E-state index in [2.05, 4.69) is 0 Å². The van der Waals surface area contributed by atoms with E-state index in [-0.39, 0.29) is 18.6 Å². The van der Waals surface area contributed by atoms with E-state index in [4.69, 9.17) is 0 Å². The topological polar surface area (TPSA) is 57.6 Å². The summed E-state index contributed by atoms with van der Waals surface area (Å²) in [6.07, 6.45) is 0.643. The molecular formula is C15H25NO3S. The Kier molecular flexibility index (Phi) is 5.74. The van der Waals surface area contributed by atoms with Gasteiger partial charge in [-0.2, -0.15) is 4.31 Å². The first kappa shape index (κ1) is 17.1. The monoisotopic (exact) mass is 299 g/mol. The number of hydrogen-bond acceptors (Lipinski definition) is 3. The van der Waals surface area contributed by atoms with Crippen molar-refractivity contribution in [3.8, 4) is 0 Å². The second-order valence-corrected chi connectivity index (χ2v) is 7.43. The third-order valence-electron chi connectivity index (χ3n) is 3.89. The third-order valence-corrected chi connectivity index (χ3v) is 5.92. The second kappa shape index (κ2) is 6.70. The molecule has 1 atom stereocenters. The molecule has 0 saturated carbocycles. The van der Waals surface area contributed by atoms with E-state index in [1.807, 2.05) is 27.7 Å². The van der Waals surface area contributed by atoms with Gasteiger partial charge in [0.15, 0.2) is 0 Å². The summed E-state index contributed by atoms with van der Waals surface area (Å²) in [7, 11) is -1.92.